The molecule has 2 aromatic rings. The molecule has 2 aliphatic heterocycles. The molecule has 2 aliphatic rings. The average molecular weight is 434 g/mol. The number of fused-ring (bicyclic) bond motifs is 1. The maximum Gasteiger partial charge on any atom is 0.416 e. The molecule has 0 amide bonds. The van der Waals surface area contributed by atoms with E-state index in [4.69, 9.17) is 0 Å². The van der Waals surface area contributed by atoms with Gasteiger partial charge in [0.1, 0.15) is 5.82 Å². The molecular formula is C22H18F4N2OS. The van der Waals surface area contributed by atoms with E-state index < -0.39 is 33.9 Å². The summed E-state index contributed by atoms with van der Waals surface area (Å²) >= 11 is 0. The third kappa shape index (κ3) is 3.84. The van der Waals surface area contributed by atoms with Gasteiger partial charge in [-0.2, -0.15) is 18.3 Å². The zero-order valence-corrected chi connectivity index (χ0v) is 16.8. The van der Waals surface area contributed by atoms with Gasteiger partial charge in [-0.1, -0.05) is 18.2 Å². The number of halogens is 4. The van der Waals surface area contributed by atoms with Crippen LogP contribution in [0.4, 0.5) is 17.6 Å². The van der Waals surface area contributed by atoms with Crippen LogP contribution in [-0.4, -0.2) is 26.7 Å². The molecule has 3 atom stereocenters. The molecule has 0 N–H and O–H groups in total. The Balaban J connectivity index is 1.57. The SMILES string of the molecule is CC12C=C(CS(=O)c3ccc(F)cc3)C=CN1N=CC2c1ccc(C(F)(F)F)cc1. The van der Waals surface area contributed by atoms with E-state index in [0.717, 1.165) is 17.7 Å². The highest BCUT2D eigenvalue weighted by Crippen LogP contribution is 2.42. The summed E-state index contributed by atoms with van der Waals surface area (Å²) in [7, 11) is -1.35. The highest BCUT2D eigenvalue weighted by Gasteiger charge is 2.43. The van der Waals surface area contributed by atoms with E-state index in [1.165, 1.54) is 36.4 Å². The number of hydrogen-bond acceptors (Lipinski definition) is 3. The van der Waals surface area contributed by atoms with Gasteiger partial charge >= 0.3 is 6.18 Å². The fourth-order valence-corrected chi connectivity index (χ4v) is 4.80. The van der Waals surface area contributed by atoms with E-state index in [1.54, 1.807) is 17.4 Å². The standard InChI is InChI=1S/C22H18F4N2OS/c1-21-12-15(14-30(29)19-8-6-18(23)7-9-19)10-11-28(21)27-13-20(21)16-2-4-17(5-3-16)22(24,25)26/h2-13,20H,14H2,1H3. The minimum Gasteiger partial charge on any atom is -0.262 e. The molecule has 0 spiro atoms. The maximum absolute atomic E-state index is 13.1. The molecule has 0 saturated heterocycles. The Hall–Kier alpha value is -2.74. The van der Waals surface area contributed by atoms with Crippen LogP contribution in [0, 0.1) is 5.82 Å². The number of allylic oxidation sites excluding steroid dienone is 1. The van der Waals surface area contributed by atoms with Gasteiger partial charge in [0.25, 0.3) is 0 Å². The van der Waals surface area contributed by atoms with Crippen molar-refractivity contribution in [2.24, 2.45) is 5.10 Å². The van der Waals surface area contributed by atoms with Crippen LogP contribution in [0.25, 0.3) is 0 Å². The van der Waals surface area contributed by atoms with Crippen LogP contribution in [-0.2, 0) is 17.0 Å². The van der Waals surface area contributed by atoms with Crippen LogP contribution < -0.4 is 0 Å². The van der Waals surface area contributed by atoms with Crippen LogP contribution in [0.1, 0.15) is 24.0 Å². The first-order valence-corrected chi connectivity index (χ1v) is 10.5. The Kier molecular flexibility index (Phi) is 5.13. The average Bonchev–Trinajstić information content (AvgIpc) is 3.04. The second-order valence-electron chi connectivity index (χ2n) is 7.41. The van der Waals surface area contributed by atoms with Crippen LogP contribution >= 0.6 is 0 Å². The van der Waals surface area contributed by atoms with E-state index in [9.17, 15) is 21.8 Å². The van der Waals surface area contributed by atoms with Gasteiger partial charge in [-0.15, -0.1) is 0 Å². The number of hydrogen-bond donors (Lipinski definition) is 0. The second kappa shape index (κ2) is 7.50. The first-order valence-electron chi connectivity index (χ1n) is 9.21. The van der Waals surface area contributed by atoms with Crippen molar-refractivity contribution in [3.05, 3.63) is 89.4 Å². The van der Waals surface area contributed by atoms with Gasteiger partial charge in [0.15, 0.2) is 0 Å². The molecule has 2 aromatic carbocycles. The van der Waals surface area contributed by atoms with Crippen molar-refractivity contribution in [2.75, 3.05) is 5.75 Å². The van der Waals surface area contributed by atoms with Gasteiger partial charge in [0.05, 0.1) is 27.7 Å². The predicted octanol–water partition coefficient (Wildman–Crippen LogP) is 5.25. The lowest BCUT2D eigenvalue weighted by atomic mass is 9.79. The van der Waals surface area contributed by atoms with Gasteiger partial charge in [-0.25, -0.2) is 4.39 Å². The molecule has 0 saturated carbocycles. The largest absolute Gasteiger partial charge is 0.416 e. The monoisotopic (exact) mass is 434 g/mol. The Morgan fingerprint density at radius 1 is 1.10 bits per heavy atom. The van der Waals surface area contributed by atoms with Crippen LogP contribution in [0.5, 0.6) is 0 Å². The third-order valence-corrected chi connectivity index (χ3v) is 6.74. The minimum absolute atomic E-state index is 0.241. The van der Waals surface area contributed by atoms with E-state index >= 15 is 0 Å². The molecule has 3 unspecified atom stereocenters. The minimum atomic E-state index is -4.39. The molecular weight excluding hydrogens is 416 g/mol. The van der Waals surface area contributed by atoms with Gasteiger partial charge in [-0.05, 0) is 60.5 Å². The Bertz CT molecular complexity index is 1060. The topological polar surface area (TPSA) is 32.7 Å². The fraction of sp³-hybridized carbons (Fsp3) is 0.227. The molecule has 2 heterocycles. The van der Waals surface area contributed by atoms with Crippen molar-refractivity contribution < 1.29 is 21.8 Å². The van der Waals surface area contributed by atoms with Crippen molar-refractivity contribution in [3.63, 3.8) is 0 Å². The molecule has 156 valence electrons. The molecule has 0 radical (unpaired) electrons. The molecule has 8 heteroatoms. The van der Waals surface area contributed by atoms with Gasteiger partial charge < -0.3 is 0 Å². The quantitative estimate of drug-likeness (QED) is 0.616. The zero-order valence-electron chi connectivity index (χ0n) is 15.9. The summed E-state index contributed by atoms with van der Waals surface area (Å²) in [5.41, 5.74) is 0.204. The highest BCUT2D eigenvalue weighted by molar-refractivity contribution is 7.85. The summed E-state index contributed by atoms with van der Waals surface area (Å²) in [5.74, 6) is -0.414. The summed E-state index contributed by atoms with van der Waals surface area (Å²) < 4.78 is 64.4. The normalized spacial score (nSPS) is 24.0. The lowest BCUT2D eigenvalue weighted by molar-refractivity contribution is -0.137. The first-order chi connectivity index (χ1) is 14.2. The molecule has 4 rings (SSSR count). The van der Waals surface area contributed by atoms with Gasteiger partial charge in [0, 0.05) is 23.2 Å². The molecule has 0 aromatic heterocycles. The Morgan fingerprint density at radius 2 is 1.77 bits per heavy atom. The maximum atomic E-state index is 13.1. The van der Waals surface area contributed by atoms with Gasteiger partial charge in [-0.3, -0.25) is 9.22 Å². The van der Waals surface area contributed by atoms with Crippen molar-refractivity contribution in [3.8, 4) is 0 Å². The highest BCUT2D eigenvalue weighted by atomic mass is 32.2. The number of hydrazone groups is 1. The van der Waals surface area contributed by atoms with E-state index in [1.807, 2.05) is 19.1 Å². The lowest BCUT2D eigenvalue weighted by Crippen LogP contribution is -2.41. The summed E-state index contributed by atoms with van der Waals surface area (Å²) in [4.78, 5) is 0.528. The summed E-state index contributed by atoms with van der Waals surface area (Å²) in [6.07, 6.45) is 2.86. The van der Waals surface area contributed by atoms with Crippen LogP contribution in [0.15, 0.2) is 82.5 Å². The summed E-state index contributed by atoms with van der Waals surface area (Å²) in [6.45, 7) is 1.94. The molecule has 0 bridgehead atoms. The number of nitrogens with zero attached hydrogens (tertiary/aromatic N) is 2. The predicted molar refractivity (Wildman–Crippen MR) is 108 cm³/mol. The zero-order chi connectivity index (χ0) is 21.5. The second-order valence-corrected chi connectivity index (χ2v) is 8.86. The summed E-state index contributed by atoms with van der Waals surface area (Å²) in [6, 6.07) is 10.6. The first kappa shape index (κ1) is 20.5. The number of benzene rings is 2. The summed E-state index contributed by atoms with van der Waals surface area (Å²) in [5, 5.41) is 6.13. The van der Waals surface area contributed by atoms with Crippen LogP contribution in [0.2, 0.25) is 0 Å². The van der Waals surface area contributed by atoms with Crippen LogP contribution in [0.3, 0.4) is 0 Å². The van der Waals surface area contributed by atoms with Crippen molar-refractivity contribution >= 4 is 17.0 Å². The van der Waals surface area contributed by atoms with E-state index in [2.05, 4.69) is 5.10 Å². The Morgan fingerprint density at radius 3 is 2.40 bits per heavy atom. The van der Waals surface area contributed by atoms with E-state index in [0.29, 0.717) is 10.5 Å². The lowest BCUT2D eigenvalue weighted by Gasteiger charge is -2.37. The third-order valence-electron chi connectivity index (χ3n) is 5.34. The van der Waals surface area contributed by atoms with Crippen molar-refractivity contribution in [1.29, 1.82) is 0 Å². The molecule has 0 aliphatic carbocycles. The fourth-order valence-electron chi connectivity index (χ4n) is 3.71. The van der Waals surface area contributed by atoms with Crippen molar-refractivity contribution in [2.45, 2.75) is 29.5 Å². The smallest absolute Gasteiger partial charge is 0.262 e. The molecule has 3 nitrogen and oxygen atoms in total. The van der Waals surface area contributed by atoms with E-state index in [-0.39, 0.29) is 11.7 Å². The van der Waals surface area contributed by atoms with Crippen molar-refractivity contribution in [1.82, 2.24) is 5.01 Å². The Labute approximate surface area is 173 Å². The number of rotatable bonds is 4. The van der Waals surface area contributed by atoms with Gasteiger partial charge in [0.2, 0.25) is 0 Å². The molecule has 30 heavy (non-hydrogen) atoms. The molecule has 0 fully saturated rings. The number of alkyl halides is 3.